The molecule has 2 amide bonds. The van der Waals surface area contributed by atoms with Crippen LogP contribution in [0.2, 0.25) is 0 Å². The van der Waals surface area contributed by atoms with Gasteiger partial charge >= 0.3 is 0 Å². The van der Waals surface area contributed by atoms with Crippen LogP contribution in [0.5, 0.6) is 0 Å². The van der Waals surface area contributed by atoms with E-state index >= 15 is 0 Å². The molecule has 5 nitrogen and oxygen atoms in total. The number of amides is 2. The molecule has 108 valence electrons. The van der Waals surface area contributed by atoms with Crippen LogP contribution in [0.1, 0.15) is 13.3 Å². The zero-order valence-corrected chi connectivity index (χ0v) is 11.5. The van der Waals surface area contributed by atoms with Gasteiger partial charge in [0.2, 0.25) is 11.8 Å². The van der Waals surface area contributed by atoms with Crippen molar-refractivity contribution in [2.24, 2.45) is 5.92 Å². The van der Waals surface area contributed by atoms with E-state index in [2.05, 4.69) is 10.6 Å². The van der Waals surface area contributed by atoms with E-state index in [0.29, 0.717) is 18.7 Å². The summed E-state index contributed by atoms with van der Waals surface area (Å²) in [5.74, 6) is -0.691. The van der Waals surface area contributed by atoms with Crippen LogP contribution < -0.4 is 15.5 Å². The number of nitrogens with zero attached hydrogens (tertiary/aromatic N) is 1. The first kappa shape index (κ1) is 14.5. The zero-order valence-electron chi connectivity index (χ0n) is 11.5. The molecule has 1 unspecified atom stereocenters. The molecule has 0 saturated carbocycles. The molecule has 20 heavy (non-hydrogen) atoms. The largest absolute Gasteiger partial charge is 0.341 e. The van der Waals surface area contributed by atoms with Crippen molar-refractivity contribution in [3.8, 4) is 0 Å². The summed E-state index contributed by atoms with van der Waals surface area (Å²) in [7, 11) is 1.67. The van der Waals surface area contributed by atoms with Crippen molar-refractivity contribution >= 4 is 17.5 Å². The quantitative estimate of drug-likeness (QED) is 0.862. The lowest BCUT2D eigenvalue weighted by Crippen LogP contribution is -2.39. The third-order valence-corrected chi connectivity index (χ3v) is 3.40. The monoisotopic (exact) mass is 279 g/mol. The number of nitrogens with one attached hydrogen (secondary N) is 2. The van der Waals surface area contributed by atoms with Gasteiger partial charge in [-0.2, -0.15) is 0 Å². The minimum absolute atomic E-state index is 0.0445. The fourth-order valence-corrected chi connectivity index (χ4v) is 2.34. The highest BCUT2D eigenvalue weighted by atomic mass is 19.1. The van der Waals surface area contributed by atoms with E-state index in [1.165, 1.54) is 24.0 Å². The number of carbonyl (C=O) groups is 2. The Balaban J connectivity index is 1.98. The molecule has 1 aromatic carbocycles. The number of rotatable bonds is 3. The normalized spacial score (nSPS) is 21.6. The summed E-state index contributed by atoms with van der Waals surface area (Å²) < 4.78 is 12.9. The summed E-state index contributed by atoms with van der Waals surface area (Å²) in [5, 5.41) is 5.84. The second-order valence-electron chi connectivity index (χ2n) is 4.97. The second-order valence-corrected chi connectivity index (χ2v) is 4.97. The average Bonchev–Trinajstić information content (AvgIpc) is 2.85. The topological polar surface area (TPSA) is 61.4 Å². The molecule has 1 fully saturated rings. The SMILES string of the molecule is CC(=O)NC1C[C@@H](C(=O)N(C)c2ccc(F)cc2)CN1. The second kappa shape index (κ2) is 6.00. The summed E-state index contributed by atoms with van der Waals surface area (Å²) >= 11 is 0. The van der Waals surface area contributed by atoms with E-state index in [4.69, 9.17) is 0 Å². The molecule has 1 saturated heterocycles. The molecule has 0 aliphatic carbocycles. The fourth-order valence-electron chi connectivity index (χ4n) is 2.34. The van der Waals surface area contributed by atoms with Gasteiger partial charge < -0.3 is 10.2 Å². The van der Waals surface area contributed by atoms with Gasteiger partial charge in [0, 0.05) is 26.2 Å². The van der Waals surface area contributed by atoms with E-state index in [9.17, 15) is 14.0 Å². The maximum Gasteiger partial charge on any atom is 0.231 e. The number of anilines is 1. The molecule has 6 heteroatoms. The number of carbonyl (C=O) groups excluding carboxylic acids is 2. The highest BCUT2D eigenvalue weighted by Gasteiger charge is 2.32. The first-order valence-corrected chi connectivity index (χ1v) is 6.51. The lowest BCUT2D eigenvalue weighted by atomic mass is 10.1. The Morgan fingerprint density at radius 3 is 2.60 bits per heavy atom. The maximum absolute atomic E-state index is 12.9. The van der Waals surface area contributed by atoms with Crippen LogP contribution >= 0.6 is 0 Å². The van der Waals surface area contributed by atoms with Gasteiger partial charge in [-0.25, -0.2) is 4.39 Å². The molecule has 1 aliphatic rings. The van der Waals surface area contributed by atoms with Crippen LogP contribution in [-0.2, 0) is 9.59 Å². The van der Waals surface area contributed by atoms with Gasteiger partial charge in [-0.15, -0.1) is 0 Å². The van der Waals surface area contributed by atoms with Crippen molar-refractivity contribution in [2.45, 2.75) is 19.5 Å². The number of hydrogen-bond acceptors (Lipinski definition) is 3. The maximum atomic E-state index is 12.9. The Morgan fingerprint density at radius 1 is 1.35 bits per heavy atom. The van der Waals surface area contributed by atoms with E-state index < -0.39 is 0 Å². The van der Waals surface area contributed by atoms with Crippen molar-refractivity contribution in [1.29, 1.82) is 0 Å². The molecule has 2 atom stereocenters. The van der Waals surface area contributed by atoms with Crippen LogP contribution in [0.15, 0.2) is 24.3 Å². The predicted octanol–water partition coefficient (Wildman–Crippen LogP) is 0.860. The minimum Gasteiger partial charge on any atom is -0.341 e. The third-order valence-electron chi connectivity index (χ3n) is 3.40. The Labute approximate surface area is 117 Å². The summed E-state index contributed by atoms with van der Waals surface area (Å²) in [5.41, 5.74) is 0.652. The van der Waals surface area contributed by atoms with Crippen molar-refractivity contribution in [3.63, 3.8) is 0 Å². The molecular weight excluding hydrogens is 261 g/mol. The van der Waals surface area contributed by atoms with Gasteiger partial charge in [-0.3, -0.25) is 14.9 Å². The summed E-state index contributed by atoms with van der Waals surface area (Å²) in [4.78, 5) is 24.8. The minimum atomic E-state index is -0.331. The first-order chi connectivity index (χ1) is 9.47. The van der Waals surface area contributed by atoms with Crippen LogP contribution in [-0.4, -0.2) is 31.6 Å². The summed E-state index contributed by atoms with van der Waals surface area (Å²) in [6, 6.07) is 5.79. The molecule has 2 rings (SSSR count). The van der Waals surface area contributed by atoms with E-state index in [1.807, 2.05) is 0 Å². The van der Waals surface area contributed by atoms with Crippen LogP contribution in [0.3, 0.4) is 0 Å². The predicted molar refractivity (Wildman–Crippen MR) is 73.5 cm³/mol. The van der Waals surface area contributed by atoms with E-state index in [0.717, 1.165) is 0 Å². The van der Waals surface area contributed by atoms with Crippen molar-refractivity contribution in [2.75, 3.05) is 18.5 Å². The number of halogens is 1. The van der Waals surface area contributed by atoms with E-state index in [1.54, 1.807) is 19.2 Å². The molecule has 0 bridgehead atoms. The number of hydrogen-bond donors (Lipinski definition) is 2. The van der Waals surface area contributed by atoms with Gasteiger partial charge in [0.25, 0.3) is 0 Å². The Hall–Kier alpha value is -1.95. The Kier molecular flexibility index (Phi) is 4.34. The lowest BCUT2D eigenvalue weighted by molar-refractivity contribution is -0.122. The van der Waals surface area contributed by atoms with Crippen LogP contribution in [0, 0.1) is 11.7 Å². The Morgan fingerprint density at radius 2 is 2.00 bits per heavy atom. The smallest absolute Gasteiger partial charge is 0.231 e. The molecule has 0 radical (unpaired) electrons. The molecular formula is C14H18FN3O2. The zero-order chi connectivity index (χ0) is 14.7. The standard InChI is InChI=1S/C14H18FN3O2/c1-9(19)17-13-7-10(8-16-13)14(20)18(2)12-5-3-11(15)4-6-12/h3-6,10,13,16H,7-8H2,1-2H3,(H,17,19)/t10-,13?/m1/s1. The average molecular weight is 279 g/mol. The van der Waals surface area contributed by atoms with Gasteiger partial charge in [0.05, 0.1) is 12.1 Å². The van der Waals surface area contributed by atoms with Gasteiger partial charge in [0.15, 0.2) is 0 Å². The lowest BCUT2D eigenvalue weighted by Gasteiger charge is -2.20. The molecule has 1 heterocycles. The van der Waals surface area contributed by atoms with Gasteiger partial charge in [-0.1, -0.05) is 0 Å². The highest BCUT2D eigenvalue weighted by Crippen LogP contribution is 2.20. The third kappa shape index (κ3) is 3.33. The van der Waals surface area contributed by atoms with Crippen molar-refractivity contribution in [1.82, 2.24) is 10.6 Å². The molecule has 2 N–H and O–H groups in total. The van der Waals surface area contributed by atoms with Crippen molar-refractivity contribution < 1.29 is 14.0 Å². The molecule has 0 aromatic heterocycles. The summed E-state index contributed by atoms with van der Waals surface area (Å²) in [6.45, 7) is 1.97. The van der Waals surface area contributed by atoms with Gasteiger partial charge in [0.1, 0.15) is 5.82 Å². The molecule has 0 spiro atoms. The van der Waals surface area contributed by atoms with Gasteiger partial charge in [-0.05, 0) is 30.7 Å². The first-order valence-electron chi connectivity index (χ1n) is 6.51. The fraction of sp³-hybridized carbons (Fsp3) is 0.429. The number of benzene rings is 1. The highest BCUT2D eigenvalue weighted by molar-refractivity contribution is 5.94. The van der Waals surface area contributed by atoms with Crippen LogP contribution in [0.4, 0.5) is 10.1 Å². The summed E-state index contributed by atoms with van der Waals surface area (Å²) in [6.07, 6.45) is 0.396. The van der Waals surface area contributed by atoms with Crippen LogP contribution in [0.25, 0.3) is 0 Å². The molecule has 1 aromatic rings. The van der Waals surface area contributed by atoms with Crippen molar-refractivity contribution in [3.05, 3.63) is 30.1 Å². The Bertz CT molecular complexity index is 504. The van der Waals surface area contributed by atoms with E-state index in [-0.39, 0.29) is 29.7 Å². The molecule has 1 aliphatic heterocycles.